The van der Waals surface area contributed by atoms with E-state index in [1.165, 1.54) is 6.07 Å². The minimum atomic E-state index is -0.314. The Kier molecular flexibility index (Phi) is 4.35. The Bertz CT molecular complexity index is 453. The van der Waals surface area contributed by atoms with Gasteiger partial charge in [0.1, 0.15) is 5.82 Å². The molecule has 1 aliphatic heterocycles. The maximum atomic E-state index is 13.1. The number of nitrogens with zero attached hydrogens (tertiary/aromatic N) is 1. The van der Waals surface area contributed by atoms with Crippen molar-refractivity contribution >= 4 is 21.8 Å². The standard InChI is InChI=1S/C13H15BrFNO2/c1-9-8-16(4-5-18-9)13(17)7-10-2-3-12(15)11(14)6-10/h2-3,6,9H,4-5,7-8H2,1H3/t9-/m1/s1. The van der Waals surface area contributed by atoms with Gasteiger partial charge in [-0.15, -0.1) is 0 Å². The number of rotatable bonds is 2. The topological polar surface area (TPSA) is 29.5 Å². The zero-order chi connectivity index (χ0) is 13.1. The van der Waals surface area contributed by atoms with Crippen molar-refractivity contribution < 1.29 is 13.9 Å². The van der Waals surface area contributed by atoms with Gasteiger partial charge in [-0.25, -0.2) is 4.39 Å². The van der Waals surface area contributed by atoms with E-state index in [1.54, 1.807) is 17.0 Å². The third kappa shape index (κ3) is 3.29. The summed E-state index contributed by atoms with van der Waals surface area (Å²) in [5, 5.41) is 0. The fourth-order valence-corrected chi connectivity index (χ4v) is 2.41. The fourth-order valence-electron chi connectivity index (χ4n) is 1.98. The van der Waals surface area contributed by atoms with Gasteiger partial charge in [0.15, 0.2) is 0 Å². The number of hydrogen-bond donors (Lipinski definition) is 0. The number of benzene rings is 1. The molecule has 1 aromatic rings. The van der Waals surface area contributed by atoms with Crippen LogP contribution in [-0.2, 0) is 16.0 Å². The second kappa shape index (κ2) is 5.80. The molecule has 1 heterocycles. The lowest BCUT2D eigenvalue weighted by atomic mass is 10.1. The van der Waals surface area contributed by atoms with Crippen molar-refractivity contribution in [3.8, 4) is 0 Å². The van der Waals surface area contributed by atoms with E-state index in [-0.39, 0.29) is 17.8 Å². The molecule has 0 radical (unpaired) electrons. The van der Waals surface area contributed by atoms with Crippen LogP contribution in [0.1, 0.15) is 12.5 Å². The van der Waals surface area contributed by atoms with Crippen LogP contribution in [0.2, 0.25) is 0 Å². The fraction of sp³-hybridized carbons (Fsp3) is 0.462. The average molecular weight is 316 g/mol. The molecule has 0 bridgehead atoms. The monoisotopic (exact) mass is 315 g/mol. The summed E-state index contributed by atoms with van der Waals surface area (Å²) in [6.45, 7) is 3.79. The second-order valence-corrected chi connectivity index (χ2v) is 5.30. The molecule has 1 fully saturated rings. The van der Waals surface area contributed by atoms with E-state index in [0.29, 0.717) is 30.6 Å². The largest absolute Gasteiger partial charge is 0.375 e. The van der Waals surface area contributed by atoms with Gasteiger partial charge >= 0.3 is 0 Å². The van der Waals surface area contributed by atoms with Gasteiger partial charge in [-0.1, -0.05) is 6.07 Å². The molecule has 1 amide bonds. The Morgan fingerprint density at radius 1 is 1.61 bits per heavy atom. The summed E-state index contributed by atoms with van der Waals surface area (Å²) < 4.78 is 18.9. The van der Waals surface area contributed by atoms with Gasteiger partial charge in [-0.05, 0) is 40.5 Å². The molecule has 2 rings (SSSR count). The number of morpholine rings is 1. The lowest BCUT2D eigenvalue weighted by Gasteiger charge is -2.31. The van der Waals surface area contributed by atoms with Crippen LogP contribution in [-0.4, -0.2) is 36.6 Å². The van der Waals surface area contributed by atoms with Crippen LogP contribution in [0.4, 0.5) is 4.39 Å². The number of amides is 1. The van der Waals surface area contributed by atoms with E-state index >= 15 is 0 Å². The van der Waals surface area contributed by atoms with Gasteiger partial charge in [0.25, 0.3) is 0 Å². The van der Waals surface area contributed by atoms with Crippen LogP contribution in [0, 0.1) is 5.82 Å². The Morgan fingerprint density at radius 2 is 2.39 bits per heavy atom. The number of halogens is 2. The molecule has 1 aliphatic rings. The molecule has 0 unspecified atom stereocenters. The summed E-state index contributed by atoms with van der Waals surface area (Å²) in [6.07, 6.45) is 0.383. The molecule has 0 spiro atoms. The van der Waals surface area contributed by atoms with Gasteiger partial charge in [0.05, 0.1) is 23.6 Å². The van der Waals surface area contributed by atoms with Gasteiger partial charge < -0.3 is 9.64 Å². The SMILES string of the molecule is C[C@@H]1CN(C(=O)Cc2ccc(F)c(Br)c2)CCO1. The number of carbonyl (C=O) groups excluding carboxylic acids is 1. The zero-order valence-electron chi connectivity index (χ0n) is 10.2. The Morgan fingerprint density at radius 3 is 3.06 bits per heavy atom. The summed E-state index contributed by atoms with van der Waals surface area (Å²) >= 11 is 3.12. The molecule has 0 aliphatic carbocycles. The molecular weight excluding hydrogens is 301 g/mol. The van der Waals surface area contributed by atoms with Crippen molar-refractivity contribution in [2.75, 3.05) is 19.7 Å². The first kappa shape index (κ1) is 13.5. The summed E-state index contributed by atoms with van der Waals surface area (Å²) in [5.74, 6) is -0.255. The highest BCUT2D eigenvalue weighted by Crippen LogP contribution is 2.18. The lowest BCUT2D eigenvalue weighted by Crippen LogP contribution is -2.45. The molecular formula is C13H15BrFNO2. The van der Waals surface area contributed by atoms with E-state index in [4.69, 9.17) is 4.74 Å². The zero-order valence-corrected chi connectivity index (χ0v) is 11.7. The Balaban J connectivity index is 2.00. The van der Waals surface area contributed by atoms with Crippen LogP contribution in [0.3, 0.4) is 0 Å². The van der Waals surface area contributed by atoms with Gasteiger partial charge in [-0.2, -0.15) is 0 Å². The first-order valence-corrected chi connectivity index (χ1v) is 6.69. The van der Waals surface area contributed by atoms with E-state index < -0.39 is 0 Å². The molecule has 0 N–H and O–H groups in total. The first-order chi connectivity index (χ1) is 8.56. The predicted molar refractivity (Wildman–Crippen MR) is 69.8 cm³/mol. The molecule has 1 atom stereocenters. The van der Waals surface area contributed by atoms with E-state index in [1.807, 2.05) is 6.92 Å². The maximum absolute atomic E-state index is 13.1. The third-order valence-corrected chi connectivity index (χ3v) is 3.54. The molecule has 3 nitrogen and oxygen atoms in total. The highest BCUT2D eigenvalue weighted by molar-refractivity contribution is 9.10. The highest BCUT2D eigenvalue weighted by atomic mass is 79.9. The molecule has 5 heteroatoms. The van der Waals surface area contributed by atoms with Crippen LogP contribution in [0.15, 0.2) is 22.7 Å². The number of carbonyl (C=O) groups is 1. The number of hydrogen-bond acceptors (Lipinski definition) is 2. The first-order valence-electron chi connectivity index (χ1n) is 5.89. The Hall–Kier alpha value is -0.940. The van der Waals surface area contributed by atoms with Crippen molar-refractivity contribution in [3.05, 3.63) is 34.1 Å². The van der Waals surface area contributed by atoms with E-state index in [9.17, 15) is 9.18 Å². The van der Waals surface area contributed by atoms with Gasteiger partial charge in [-0.3, -0.25) is 4.79 Å². The predicted octanol–water partition coefficient (Wildman–Crippen LogP) is 2.38. The summed E-state index contributed by atoms with van der Waals surface area (Å²) in [5.41, 5.74) is 0.812. The lowest BCUT2D eigenvalue weighted by molar-refractivity contribution is -0.137. The van der Waals surface area contributed by atoms with Gasteiger partial charge in [0.2, 0.25) is 5.91 Å². The molecule has 98 valence electrons. The molecule has 1 aromatic carbocycles. The van der Waals surface area contributed by atoms with Crippen LogP contribution < -0.4 is 0 Å². The third-order valence-electron chi connectivity index (χ3n) is 2.93. The Labute approximate surface area is 114 Å². The average Bonchev–Trinajstić information content (AvgIpc) is 2.34. The van der Waals surface area contributed by atoms with Crippen LogP contribution >= 0.6 is 15.9 Å². The normalized spacial score (nSPS) is 19.9. The number of ether oxygens (including phenoxy) is 1. The molecule has 18 heavy (non-hydrogen) atoms. The van der Waals surface area contributed by atoms with Crippen molar-refractivity contribution in [1.82, 2.24) is 4.90 Å². The van der Waals surface area contributed by atoms with Crippen molar-refractivity contribution in [3.63, 3.8) is 0 Å². The van der Waals surface area contributed by atoms with Crippen molar-refractivity contribution in [2.45, 2.75) is 19.4 Å². The maximum Gasteiger partial charge on any atom is 0.227 e. The van der Waals surface area contributed by atoms with Gasteiger partial charge in [0, 0.05) is 13.1 Å². The molecule has 0 saturated carbocycles. The highest BCUT2D eigenvalue weighted by Gasteiger charge is 2.21. The van der Waals surface area contributed by atoms with Crippen LogP contribution in [0.5, 0.6) is 0 Å². The van der Waals surface area contributed by atoms with Crippen molar-refractivity contribution in [1.29, 1.82) is 0 Å². The minimum Gasteiger partial charge on any atom is -0.375 e. The second-order valence-electron chi connectivity index (χ2n) is 4.45. The summed E-state index contributed by atoms with van der Waals surface area (Å²) in [4.78, 5) is 13.9. The van der Waals surface area contributed by atoms with Crippen LogP contribution in [0.25, 0.3) is 0 Å². The minimum absolute atomic E-state index is 0.0589. The smallest absolute Gasteiger partial charge is 0.227 e. The van der Waals surface area contributed by atoms with E-state index in [2.05, 4.69) is 15.9 Å². The summed E-state index contributed by atoms with van der Waals surface area (Å²) in [6, 6.07) is 4.66. The van der Waals surface area contributed by atoms with Crippen molar-refractivity contribution in [2.24, 2.45) is 0 Å². The molecule has 0 aromatic heterocycles. The quantitative estimate of drug-likeness (QED) is 0.838. The summed E-state index contributed by atoms with van der Waals surface area (Å²) in [7, 11) is 0. The van der Waals surface area contributed by atoms with E-state index in [0.717, 1.165) is 5.56 Å². The molecule has 1 saturated heterocycles.